The van der Waals surface area contributed by atoms with Crippen LogP contribution in [0.5, 0.6) is 0 Å². The van der Waals surface area contributed by atoms with Gasteiger partial charge in [0.05, 0.1) is 23.5 Å². The molecule has 2 N–H and O–H groups in total. The predicted molar refractivity (Wildman–Crippen MR) is 121 cm³/mol. The van der Waals surface area contributed by atoms with E-state index in [4.69, 9.17) is 0 Å². The highest BCUT2D eigenvalue weighted by molar-refractivity contribution is 7.92. The van der Waals surface area contributed by atoms with Gasteiger partial charge in [-0.15, -0.1) is 0 Å². The summed E-state index contributed by atoms with van der Waals surface area (Å²) in [6.45, 7) is 7.92. The Balaban J connectivity index is 1.76. The Morgan fingerprint density at radius 2 is 1.73 bits per heavy atom. The minimum atomic E-state index is -3.34. The molecule has 0 spiro atoms. The van der Waals surface area contributed by atoms with Crippen LogP contribution in [0.25, 0.3) is 10.9 Å². The van der Waals surface area contributed by atoms with Crippen molar-refractivity contribution in [1.82, 2.24) is 10.3 Å². The Labute approximate surface area is 177 Å². The molecule has 3 aromatic rings. The second-order valence-electron chi connectivity index (χ2n) is 7.94. The molecule has 0 saturated carbocycles. The minimum absolute atomic E-state index is 0.173. The molecule has 0 aliphatic carbocycles. The molecule has 6 nitrogen and oxygen atoms in total. The van der Waals surface area contributed by atoms with Crippen LogP contribution in [0.4, 0.5) is 5.69 Å². The van der Waals surface area contributed by atoms with Gasteiger partial charge in [-0.2, -0.15) is 0 Å². The third kappa shape index (κ3) is 5.16. The van der Waals surface area contributed by atoms with Crippen molar-refractivity contribution in [3.8, 4) is 0 Å². The summed E-state index contributed by atoms with van der Waals surface area (Å²) in [6.07, 6.45) is 1.12. The number of nitrogens with one attached hydrogen (secondary N) is 2. The molecule has 0 radical (unpaired) electrons. The molecule has 158 valence electrons. The van der Waals surface area contributed by atoms with Crippen molar-refractivity contribution < 1.29 is 13.2 Å². The molecule has 1 amide bonds. The van der Waals surface area contributed by atoms with Crippen LogP contribution < -0.4 is 10.0 Å². The van der Waals surface area contributed by atoms with Gasteiger partial charge in [-0.05, 0) is 61.2 Å². The number of carbonyl (C=O) groups is 1. The monoisotopic (exact) mass is 425 g/mol. The lowest BCUT2D eigenvalue weighted by molar-refractivity contribution is 0.0940. The summed E-state index contributed by atoms with van der Waals surface area (Å²) < 4.78 is 25.4. The van der Waals surface area contributed by atoms with Crippen molar-refractivity contribution in [2.45, 2.75) is 39.7 Å². The lowest BCUT2D eigenvalue weighted by Gasteiger charge is -2.17. The van der Waals surface area contributed by atoms with E-state index >= 15 is 0 Å². The molecule has 0 fully saturated rings. The quantitative estimate of drug-likeness (QED) is 0.607. The SMILES string of the molecule is Cc1cc(C(C)NC(=O)c2ccc3nc(C(C)C)ccc3c2)ccc1NS(C)(=O)=O. The summed E-state index contributed by atoms with van der Waals surface area (Å²) in [6, 6.07) is 14.6. The summed E-state index contributed by atoms with van der Waals surface area (Å²) in [5, 5.41) is 3.93. The number of hydrogen-bond donors (Lipinski definition) is 2. The lowest BCUT2D eigenvalue weighted by Crippen LogP contribution is -2.26. The van der Waals surface area contributed by atoms with E-state index in [9.17, 15) is 13.2 Å². The number of benzene rings is 2. The van der Waals surface area contributed by atoms with E-state index in [0.29, 0.717) is 17.2 Å². The Hall–Kier alpha value is -2.93. The van der Waals surface area contributed by atoms with Crippen molar-refractivity contribution in [1.29, 1.82) is 0 Å². The van der Waals surface area contributed by atoms with E-state index in [-0.39, 0.29) is 11.9 Å². The van der Waals surface area contributed by atoms with E-state index in [1.54, 1.807) is 12.1 Å². The van der Waals surface area contributed by atoms with Gasteiger partial charge in [0.2, 0.25) is 10.0 Å². The molecule has 1 atom stereocenters. The zero-order valence-corrected chi connectivity index (χ0v) is 18.7. The van der Waals surface area contributed by atoms with Crippen LogP contribution in [0.2, 0.25) is 0 Å². The maximum absolute atomic E-state index is 12.8. The zero-order valence-electron chi connectivity index (χ0n) is 17.9. The Morgan fingerprint density at radius 3 is 2.37 bits per heavy atom. The van der Waals surface area contributed by atoms with Crippen LogP contribution >= 0.6 is 0 Å². The van der Waals surface area contributed by atoms with E-state index < -0.39 is 10.0 Å². The van der Waals surface area contributed by atoms with Gasteiger partial charge in [0.1, 0.15) is 0 Å². The molecule has 0 aliphatic rings. The molecule has 3 rings (SSSR count). The molecule has 2 aromatic carbocycles. The average Bonchev–Trinajstić information content (AvgIpc) is 2.67. The number of fused-ring (bicyclic) bond motifs is 1. The number of aromatic nitrogens is 1. The fourth-order valence-corrected chi connectivity index (χ4v) is 3.87. The van der Waals surface area contributed by atoms with E-state index in [2.05, 4.69) is 28.9 Å². The number of sulfonamides is 1. The van der Waals surface area contributed by atoms with Crippen LogP contribution in [-0.4, -0.2) is 25.6 Å². The smallest absolute Gasteiger partial charge is 0.251 e. The molecule has 30 heavy (non-hydrogen) atoms. The van der Waals surface area contributed by atoms with Crippen molar-refractivity contribution in [3.63, 3.8) is 0 Å². The molecule has 1 aromatic heterocycles. The van der Waals surface area contributed by atoms with Gasteiger partial charge < -0.3 is 5.32 Å². The second kappa shape index (κ2) is 8.44. The molecule has 1 heterocycles. The van der Waals surface area contributed by atoms with Crippen LogP contribution in [0.3, 0.4) is 0 Å². The zero-order chi connectivity index (χ0) is 22.1. The maximum atomic E-state index is 12.8. The van der Waals surface area contributed by atoms with Crippen LogP contribution in [0, 0.1) is 6.92 Å². The fourth-order valence-electron chi connectivity index (χ4n) is 3.24. The lowest BCUT2D eigenvalue weighted by atomic mass is 10.0. The number of anilines is 1. The standard InChI is InChI=1S/C23H27N3O3S/c1-14(2)20-9-7-18-13-19(8-11-22(18)25-20)23(27)24-16(4)17-6-10-21(15(3)12-17)26-30(5,28)29/h6-14,16,26H,1-5H3,(H,24,27). The number of hydrogen-bond acceptors (Lipinski definition) is 4. The van der Waals surface area contributed by atoms with Gasteiger partial charge in [-0.25, -0.2) is 8.42 Å². The normalized spacial score (nSPS) is 12.7. The highest BCUT2D eigenvalue weighted by Crippen LogP contribution is 2.23. The van der Waals surface area contributed by atoms with Gasteiger partial charge >= 0.3 is 0 Å². The highest BCUT2D eigenvalue weighted by atomic mass is 32.2. The van der Waals surface area contributed by atoms with Crippen molar-refractivity contribution in [2.24, 2.45) is 0 Å². The Kier molecular flexibility index (Phi) is 6.12. The first-order valence-corrected chi connectivity index (χ1v) is 11.7. The average molecular weight is 426 g/mol. The summed E-state index contributed by atoms with van der Waals surface area (Å²) in [5.74, 6) is 0.175. The number of rotatable bonds is 6. The number of amides is 1. The molecule has 0 saturated heterocycles. The Bertz CT molecular complexity index is 1200. The molecular formula is C23H27N3O3S. The highest BCUT2D eigenvalue weighted by Gasteiger charge is 2.14. The summed E-state index contributed by atoms with van der Waals surface area (Å²) in [7, 11) is -3.34. The summed E-state index contributed by atoms with van der Waals surface area (Å²) in [4.78, 5) is 17.4. The molecule has 1 unspecified atom stereocenters. The number of nitrogens with zero attached hydrogens (tertiary/aromatic N) is 1. The third-order valence-corrected chi connectivity index (χ3v) is 5.55. The second-order valence-corrected chi connectivity index (χ2v) is 9.69. The van der Waals surface area contributed by atoms with Gasteiger partial charge in [0.15, 0.2) is 0 Å². The third-order valence-electron chi connectivity index (χ3n) is 4.96. The maximum Gasteiger partial charge on any atom is 0.251 e. The van der Waals surface area contributed by atoms with Crippen molar-refractivity contribution in [2.75, 3.05) is 11.0 Å². The van der Waals surface area contributed by atoms with Crippen LogP contribution in [-0.2, 0) is 10.0 Å². The first kappa shape index (κ1) is 21.8. The Morgan fingerprint density at radius 1 is 1.00 bits per heavy atom. The number of pyridine rings is 1. The van der Waals surface area contributed by atoms with Gasteiger partial charge in [-0.3, -0.25) is 14.5 Å². The minimum Gasteiger partial charge on any atom is -0.346 e. The molecule has 7 heteroatoms. The van der Waals surface area contributed by atoms with Crippen molar-refractivity contribution >= 4 is 32.5 Å². The van der Waals surface area contributed by atoms with Gasteiger partial charge in [0, 0.05) is 16.6 Å². The summed E-state index contributed by atoms with van der Waals surface area (Å²) >= 11 is 0. The number of carbonyl (C=O) groups excluding carboxylic acids is 1. The fraction of sp³-hybridized carbons (Fsp3) is 0.304. The van der Waals surface area contributed by atoms with Crippen molar-refractivity contribution in [3.05, 3.63) is 70.9 Å². The van der Waals surface area contributed by atoms with E-state index in [0.717, 1.165) is 34.0 Å². The van der Waals surface area contributed by atoms with Crippen LogP contribution in [0.15, 0.2) is 48.5 Å². The van der Waals surface area contributed by atoms with E-state index in [1.807, 2.05) is 50.2 Å². The first-order valence-electron chi connectivity index (χ1n) is 9.83. The predicted octanol–water partition coefficient (Wildman–Crippen LogP) is 4.53. The van der Waals surface area contributed by atoms with Crippen LogP contribution in [0.1, 0.15) is 59.9 Å². The number of aryl methyl sites for hydroxylation is 1. The van der Waals surface area contributed by atoms with Gasteiger partial charge in [0.25, 0.3) is 5.91 Å². The molecule has 0 aliphatic heterocycles. The van der Waals surface area contributed by atoms with Gasteiger partial charge in [-0.1, -0.05) is 32.0 Å². The van der Waals surface area contributed by atoms with E-state index in [1.165, 1.54) is 0 Å². The topological polar surface area (TPSA) is 88.2 Å². The first-order chi connectivity index (χ1) is 14.0. The molecule has 0 bridgehead atoms. The molecular weight excluding hydrogens is 398 g/mol. The largest absolute Gasteiger partial charge is 0.346 e. The summed E-state index contributed by atoms with van der Waals surface area (Å²) in [5.41, 5.74) is 4.68.